The van der Waals surface area contributed by atoms with Gasteiger partial charge in [-0.25, -0.2) is 0 Å². The highest BCUT2D eigenvalue weighted by atomic mass is 16.2. The fraction of sp³-hybridized carbons (Fsp3) is 0.467. The van der Waals surface area contributed by atoms with Crippen molar-refractivity contribution in [2.45, 2.75) is 32.2 Å². The van der Waals surface area contributed by atoms with Crippen LogP contribution in [0.2, 0.25) is 0 Å². The highest BCUT2D eigenvalue weighted by Gasteiger charge is 2.26. The molecule has 2 rings (SSSR count). The van der Waals surface area contributed by atoms with Gasteiger partial charge in [-0.1, -0.05) is 0 Å². The SMILES string of the molecule is CN1C(=O)CCc2cc(N(C)C(C)(C)C#N)ccc21. The second-order valence-corrected chi connectivity index (χ2v) is 5.50. The van der Waals surface area contributed by atoms with Gasteiger partial charge in [-0.2, -0.15) is 5.26 Å². The van der Waals surface area contributed by atoms with Crippen molar-refractivity contribution in [3.63, 3.8) is 0 Å². The van der Waals surface area contributed by atoms with Gasteiger partial charge in [-0.05, 0) is 44.0 Å². The number of carbonyl (C=O) groups is 1. The predicted molar refractivity (Wildman–Crippen MR) is 76.3 cm³/mol. The van der Waals surface area contributed by atoms with Gasteiger partial charge in [-0.15, -0.1) is 0 Å². The summed E-state index contributed by atoms with van der Waals surface area (Å²) in [6, 6.07) is 8.31. The summed E-state index contributed by atoms with van der Waals surface area (Å²) in [5.41, 5.74) is 2.60. The Morgan fingerprint density at radius 2 is 2.05 bits per heavy atom. The van der Waals surface area contributed by atoms with Crippen LogP contribution in [0.3, 0.4) is 0 Å². The molecule has 4 nitrogen and oxygen atoms in total. The Kier molecular flexibility index (Phi) is 3.23. The van der Waals surface area contributed by atoms with E-state index in [-0.39, 0.29) is 5.91 Å². The summed E-state index contributed by atoms with van der Waals surface area (Å²) in [5.74, 6) is 0.158. The number of fused-ring (bicyclic) bond motifs is 1. The maximum atomic E-state index is 11.7. The Hall–Kier alpha value is -2.02. The molecule has 100 valence electrons. The number of hydrogen-bond acceptors (Lipinski definition) is 3. The third-order valence-electron chi connectivity index (χ3n) is 3.91. The van der Waals surface area contributed by atoms with Crippen molar-refractivity contribution in [1.29, 1.82) is 5.26 Å². The van der Waals surface area contributed by atoms with Gasteiger partial charge in [0.2, 0.25) is 5.91 Å². The fourth-order valence-corrected chi connectivity index (χ4v) is 2.25. The molecule has 0 saturated carbocycles. The molecule has 0 aliphatic carbocycles. The van der Waals surface area contributed by atoms with Crippen LogP contribution in [0, 0.1) is 11.3 Å². The van der Waals surface area contributed by atoms with Gasteiger partial charge < -0.3 is 9.80 Å². The third kappa shape index (κ3) is 2.28. The first-order chi connectivity index (χ1) is 8.86. The molecule has 0 unspecified atom stereocenters. The first-order valence-electron chi connectivity index (χ1n) is 6.41. The van der Waals surface area contributed by atoms with Crippen LogP contribution in [-0.2, 0) is 11.2 Å². The van der Waals surface area contributed by atoms with Crippen LogP contribution in [0.25, 0.3) is 0 Å². The van der Waals surface area contributed by atoms with E-state index in [0.29, 0.717) is 6.42 Å². The number of benzene rings is 1. The summed E-state index contributed by atoms with van der Waals surface area (Å²) in [5, 5.41) is 9.20. The molecule has 0 fully saturated rings. The van der Waals surface area contributed by atoms with Crippen LogP contribution in [0.5, 0.6) is 0 Å². The molecule has 1 aromatic carbocycles. The van der Waals surface area contributed by atoms with E-state index in [2.05, 4.69) is 12.1 Å². The van der Waals surface area contributed by atoms with Gasteiger partial charge in [0, 0.05) is 31.9 Å². The second kappa shape index (κ2) is 4.58. The zero-order valence-corrected chi connectivity index (χ0v) is 11.9. The van der Waals surface area contributed by atoms with Gasteiger partial charge >= 0.3 is 0 Å². The van der Waals surface area contributed by atoms with Crippen LogP contribution in [0.1, 0.15) is 25.8 Å². The van der Waals surface area contributed by atoms with Crippen LogP contribution in [0.15, 0.2) is 18.2 Å². The summed E-state index contributed by atoms with van der Waals surface area (Å²) in [6.45, 7) is 3.78. The molecule has 1 amide bonds. The predicted octanol–water partition coefficient (Wildman–Crippen LogP) is 2.33. The van der Waals surface area contributed by atoms with E-state index in [1.165, 1.54) is 5.56 Å². The molecule has 0 spiro atoms. The summed E-state index contributed by atoms with van der Waals surface area (Å²) >= 11 is 0. The zero-order chi connectivity index (χ0) is 14.2. The van der Waals surface area contributed by atoms with E-state index in [4.69, 9.17) is 0 Å². The lowest BCUT2D eigenvalue weighted by molar-refractivity contribution is -0.118. The molecule has 0 radical (unpaired) electrons. The molecule has 0 bridgehead atoms. The van der Waals surface area contributed by atoms with Crippen molar-refractivity contribution in [2.24, 2.45) is 0 Å². The first kappa shape index (κ1) is 13.4. The Bertz CT molecular complexity index is 557. The normalized spacial score (nSPS) is 14.9. The Morgan fingerprint density at radius 1 is 1.37 bits per heavy atom. The summed E-state index contributed by atoms with van der Waals surface area (Å²) in [4.78, 5) is 15.3. The largest absolute Gasteiger partial charge is 0.357 e. The second-order valence-electron chi connectivity index (χ2n) is 5.50. The van der Waals surface area contributed by atoms with Crippen molar-refractivity contribution >= 4 is 17.3 Å². The molecule has 1 heterocycles. The number of nitrogens with zero attached hydrogens (tertiary/aromatic N) is 3. The highest BCUT2D eigenvalue weighted by Crippen LogP contribution is 2.32. The first-order valence-corrected chi connectivity index (χ1v) is 6.41. The summed E-state index contributed by atoms with van der Waals surface area (Å²) < 4.78 is 0. The Morgan fingerprint density at radius 3 is 2.68 bits per heavy atom. The minimum absolute atomic E-state index is 0.158. The minimum Gasteiger partial charge on any atom is -0.357 e. The van der Waals surface area contributed by atoms with Crippen molar-refractivity contribution in [2.75, 3.05) is 23.9 Å². The van der Waals surface area contributed by atoms with Crippen LogP contribution in [0.4, 0.5) is 11.4 Å². The Labute approximate surface area is 114 Å². The molecule has 1 aliphatic heterocycles. The monoisotopic (exact) mass is 257 g/mol. The summed E-state index contributed by atoms with van der Waals surface area (Å²) in [6.07, 6.45) is 1.32. The number of aryl methyl sites for hydroxylation is 1. The molecular formula is C15H19N3O. The molecule has 0 aromatic heterocycles. The van der Waals surface area contributed by atoms with Crippen LogP contribution >= 0.6 is 0 Å². The van der Waals surface area contributed by atoms with Crippen molar-refractivity contribution in [3.8, 4) is 6.07 Å². The molecular weight excluding hydrogens is 238 g/mol. The van der Waals surface area contributed by atoms with Gasteiger partial charge in [0.05, 0.1) is 6.07 Å². The molecule has 0 N–H and O–H groups in total. The lowest BCUT2D eigenvalue weighted by Gasteiger charge is -2.33. The number of anilines is 2. The molecule has 4 heteroatoms. The average molecular weight is 257 g/mol. The van der Waals surface area contributed by atoms with Gasteiger partial charge in [0.1, 0.15) is 5.54 Å². The fourth-order valence-electron chi connectivity index (χ4n) is 2.25. The molecule has 1 aromatic rings. The van der Waals surface area contributed by atoms with E-state index in [0.717, 1.165) is 17.8 Å². The lowest BCUT2D eigenvalue weighted by Crippen LogP contribution is -2.40. The van der Waals surface area contributed by atoms with Crippen molar-refractivity contribution in [1.82, 2.24) is 0 Å². The quantitative estimate of drug-likeness (QED) is 0.817. The van der Waals surface area contributed by atoms with E-state index in [1.54, 1.807) is 4.90 Å². The summed E-state index contributed by atoms with van der Waals surface area (Å²) in [7, 11) is 3.73. The Balaban J connectivity index is 2.38. The smallest absolute Gasteiger partial charge is 0.227 e. The number of rotatable bonds is 2. The maximum Gasteiger partial charge on any atom is 0.227 e. The van der Waals surface area contributed by atoms with E-state index < -0.39 is 5.54 Å². The van der Waals surface area contributed by atoms with Gasteiger partial charge in [-0.3, -0.25) is 4.79 Å². The molecule has 0 saturated heterocycles. The van der Waals surface area contributed by atoms with Gasteiger partial charge in [0.25, 0.3) is 0 Å². The number of carbonyl (C=O) groups excluding carboxylic acids is 1. The lowest BCUT2D eigenvalue weighted by atomic mass is 9.99. The highest BCUT2D eigenvalue weighted by molar-refractivity contribution is 5.96. The van der Waals surface area contributed by atoms with Crippen molar-refractivity contribution < 1.29 is 4.79 Å². The number of amides is 1. The molecule has 19 heavy (non-hydrogen) atoms. The molecule has 0 atom stereocenters. The van der Waals surface area contributed by atoms with Gasteiger partial charge in [0.15, 0.2) is 0 Å². The average Bonchev–Trinajstić information content (AvgIpc) is 2.41. The van der Waals surface area contributed by atoms with Crippen LogP contribution in [-0.4, -0.2) is 25.5 Å². The van der Waals surface area contributed by atoms with E-state index in [1.807, 2.05) is 45.0 Å². The zero-order valence-electron chi connectivity index (χ0n) is 11.9. The van der Waals surface area contributed by atoms with Crippen LogP contribution < -0.4 is 9.80 Å². The number of nitriles is 1. The topological polar surface area (TPSA) is 47.3 Å². The maximum absolute atomic E-state index is 11.7. The van der Waals surface area contributed by atoms with E-state index in [9.17, 15) is 10.1 Å². The minimum atomic E-state index is -0.551. The standard InChI is InChI=1S/C15H19N3O/c1-15(2,10-16)18(4)12-6-7-13-11(9-12)5-8-14(19)17(13)3/h6-7,9H,5,8H2,1-4H3. The molecule has 1 aliphatic rings. The van der Waals surface area contributed by atoms with Crippen molar-refractivity contribution in [3.05, 3.63) is 23.8 Å². The third-order valence-corrected chi connectivity index (χ3v) is 3.91. The van der Waals surface area contributed by atoms with E-state index >= 15 is 0 Å². The number of hydrogen-bond donors (Lipinski definition) is 0.